The van der Waals surface area contributed by atoms with Crippen molar-refractivity contribution in [1.82, 2.24) is 15.3 Å². The summed E-state index contributed by atoms with van der Waals surface area (Å²) in [6.45, 7) is 3.68. The van der Waals surface area contributed by atoms with Crippen molar-refractivity contribution in [2.45, 2.75) is 31.8 Å². The van der Waals surface area contributed by atoms with Gasteiger partial charge in [-0.3, -0.25) is 0 Å². The molecule has 0 saturated carbocycles. The Morgan fingerprint density at radius 3 is 3.25 bits per heavy atom. The van der Waals surface area contributed by atoms with E-state index in [0.29, 0.717) is 12.5 Å². The van der Waals surface area contributed by atoms with Crippen LogP contribution >= 0.6 is 0 Å². The van der Waals surface area contributed by atoms with Crippen LogP contribution in [0.2, 0.25) is 0 Å². The second kappa shape index (κ2) is 4.47. The van der Waals surface area contributed by atoms with Gasteiger partial charge >= 0.3 is 0 Å². The molecule has 0 bridgehead atoms. The predicted octanol–water partition coefficient (Wildman–Crippen LogP) is 1.02. The summed E-state index contributed by atoms with van der Waals surface area (Å²) in [5, 5.41) is 3.44. The summed E-state index contributed by atoms with van der Waals surface area (Å²) in [6, 6.07) is 0. The molecule has 16 heavy (non-hydrogen) atoms. The van der Waals surface area contributed by atoms with Crippen LogP contribution in [0.4, 0.5) is 0 Å². The van der Waals surface area contributed by atoms with Crippen LogP contribution in [0, 0.1) is 0 Å². The molecule has 4 heteroatoms. The van der Waals surface area contributed by atoms with Gasteiger partial charge in [-0.1, -0.05) is 0 Å². The number of nitrogens with zero attached hydrogens (tertiary/aromatic N) is 2. The Bertz CT molecular complexity index is 375. The molecule has 3 heterocycles. The zero-order chi connectivity index (χ0) is 10.8. The second-order valence-electron chi connectivity index (χ2n) is 4.53. The Morgan fingerprint density at radius 2 is 2.38 bits per heavy atom. The average molecular weight is 219 g/mol. The number of fused-ring (bicyclic) bond motifs is 1. The van der Waals surface area contributed by atoms with Gasteiger partial charge in [0.1, 0.15) is 6.33 Å². The van der Waals surface area contributed by atoms with Gasteiger partial charge in [-0.25, -0.2) is 9.97 Å². The van der Waals surface area contributed by atoms with E-state index in [9.17, 15) is 0 Å². The molecule has 0 spiro atoms. The van der Waals surface area contributed by atoms with E-state index in [-0.39, 0.29) is 0 Å². The highest BCUT2D eigenvalue weighted by molar-refractivity contribution is 5.29. The Hall–Kier alpha value is -1.00. The summed E-state index contributed by atoms with van der Waals surface area (Å²) in [7, 11) is 0. The van der Waals surface area contributed by atoms with E-state index in [1.165, 1.54) is 29.8 Å². The summed E-state index contributed by atoms with van der Waals surface area (Å²) in [4.78, 5) is 8.85. The molecule has 3 rings (SSSR count). The second-order valence-corrected chi connectivity index (χ2v) is 4.53. The largest absolute Gasteiger partial charge is 0.376 e. The van der Waals surface area contributed by atoms with Crippen LogP contribution in [0.3, 0.4) is 0 Å². The molecule has 1 unspecified atom stereocenters. The van der Waals surface area contributed by atoms with Crippen LogP contribution in [0.25, 0.3) is 0 Å². The van der Waals surface area contributed by atoms with Crippen molar-refractivity contribution in [3.63, 3.8) is 0 Å². The molecule has 0 aliphatic carbocycles. The van der Waals surface area contributed by atoms with Crippen LogP contribution in [0.1, 0.15) is 35.7 Å². The number of nitrogens with one attached hydrogen (secondary N) is 1. The van der Waals surface area contributed by atoms with Gasteiger partial charge in [0.25, 0.3) is 0 Å². The van der Waals surface area contributed by atoms with Gasteiger partial charge < -0.3 is 10.1 Å². The number of ether oxygens (including phenoxy) is 1. The van der Waals surface area contributed by atoms with Crippen LogP contribution in [0.5, 0.6) is 0 Å². The van der Waals surface area contributed by atoms with Crippen LogP contribution in [-0.2, 0) is 17.8 Å². The predicted molar refractivity (Wildman–Crippen MR) is 60.2 cm³/mol. The lowest BCUT2D eigenvalue weighted by Crippen LogP contribution is -2.30. The first kappa shape index (κ1) is 10.2. The molecule has 0 aromatic carbocycles. The van der Waals surface area contributed by atoms with Crippen LogP contribution < -0.4 is 5.32 Å². The molecule has 1 saturated heterocycles. The van der Waals surface area contributed by atoms with Gasteiger partial charge in [-0.15, -0.1) is 0 Å². The number of piperidine rings is 1. The summed E-state index contributed by atoms with van der Waals surface area (Å²) >= 11 is 0. The first-order valence-electron chi connectivity index (χ1n) is 6.06. The molecule has 1 fully saturated rings. The Balaban J connectivity index is 1.93. The first-order chi connectivity index (χ1) is 7.95. The quantitative estimate of drug-likeness (QED) is 0.766. The topological polar surface area (TPSA) is 47.0 Å². The first-order valence-corrected chi connectivity index (χ1v) is 6.06. The fourth-order valence-electron chi connectivity index (χ4n) is 2.62. The maximum atomic E-state index is 5.53. The number of rotatable bonds is 1. The molecular formula is C12H17N3O. The Morgan fingerprint density at radius 1 is 1.38 bits per heavy atom. The minimum atomic E-state index is 0.548. The Labute approximate surface area is 95.4 Å². The summed E-state index contributed by atoms with van der Waals surface area (Å²) in [6.07, 6.45) is 5.12. The molecule has 2 aliphatic rings. The van der Waals surface area contributed by atoms with Crippen molar-refractivity contribution in [2.24, 2.45) is 0 Å². The standard InChI is InChI=1S/C12H17N3O/c1-2-9(6-13-4-1)12-10-7-16-5-3-11(10)14-8-15-12/h8-9,13H,1-7H2. The van der Waals surface area contributed by atoms with Gasteiger partial charge in [-0.05, 0) is 19.4 Å². The third kappa shape index (κ3) is 1.83. The van der Waals surface area contributed by atoms with E-state index in [4.69, 9.17) is 4.74 Å². The molecule has 4 nitrogen and oxygen atoms in total. The zero-order valence-electron chi connectivity index (χ0n) is 9.41. The monoisotopic (exact) mass is 219 g/mol. The smallest absolute Gasteiger partial charge is 0.115 e. The third-order valence-electron chi connectivity index (χ3n) is 3.48. The molecule has 2 aliphatic heterocycles. The van der Waals surface area contributed by atoms with Gasteiger partial charge in [0, 0.05) is 24.4 Å². The van der Waals surface area contributed by atoms with E-state index < -0.39 is 0 Å². The van der Waals surface area contributed by atoms with Crippen molar-refractivity contribution >= 4 is 0 Å². The fraction of sp³-hybridized carbons (Fsp3) is 0.667. The normalized spacial score (nSPS) is 25.1. The lowest BCUT2D eigenvalue weighted by Gasteiger charge is -2.26. The number of hydrogen-bond donors (Lipinski definition) is 1. The van der Waals surface area contributed by atoms with E-state index in [1.807, 2.05) is 0 Å². The van der Waals surface area contributed by atoms with Crippen molar-refractivity contribution in [1.29, 1.82) is 0 Å². The van der Waals surface area contributed by atoms with Crippen molar-refractivity contribution in [2.75, 3.05) is 19.7 Å². The fourth-order valence-corrected chi connectivity index (χ4v) is 2.62. The maximum absolute atomic E-state index is 5.53. The van der Waals surface area contributed by atoms with E-state index >= 15 is 0 Å². The van der Waals surface area contributed by atoms with Crippen LogP contribution in [-0.4, -0.2) is 29.7 Å². The van der Waals surface area contributed by atoms with Gasteiger partial charge in [-0.2, -0.15) is 0 Å². The molecule has 0 amide bonds. The highest BCUT2D eigenvalue weighted by Crippen LogP contribution is 2.27. The van der Waals surface area contributed by atoms with Gasteiger partial charge in [0.15, 0.2) is 0 Å². The van der Waals surface area contributed by atoms with E-state index in [1.54, 1.807) is 6.33 Å². The lowest BCUT2D eigenvalue weighted by molar-refractivity contribution is 0.107. The SMILES string of the molecule is c1nc2c(c(C3CCCNC3)n1)COCC2. The van der Waals surface area contributed by atoms with E-state index in [0.717, 1.165) is 26.1 Å². The maximum Gasteiger partial charge on any atom is 0.115 e. The third-order valence-corrected chi connectivity index (χ3v) is 3.48. The molecule has 1 aromatic heterocycles. The van der Waals surface area contributed by atoms with Crippen molar-refractivity contribution in [3.8, 4) is 0 Å². The van der Waals surface area contributed by atoms with E-state index in [2.05, 4.69) is 15.3 Å². The summed E-state index contributed by atoms with van der Waals surface area (Å²) in [5.74, 6) is 0.548. The zero-order valence-corrected chi connectivity index (χ0v) is 9.41. The minimum Gasteiger partial charge on any atom is -0.376 e. The van der Waals surface area contributed by atoms with Crippen molar-refractivity contribution < 1.29 is 4.74 Å². The van der Waals surface area contributed by atoms with Gasteiger partial charge in [0.05, 0.1) is 24.6 Å². The molecule has 1 aromatic rings. The highest BCUT2D eigenvalue weighted by Gasteiger charge is 2.23. The summed E-state index contributed by atoms with van der Waals surface area (Å²) in [5.41, 5.74) is 3.67. The minimum absolute atomic E-state index is 0.548. The highest BCUT2D eigenvalue weighted by atomic mass is 16.5. The lowest BCUT2D eigenvalue weighted by atomic mass is 9.91. The number of aromatic nitrogens is 2. The molecular weight excluding hydrogens is 202 g/mol. The molecule has 0 radical (unpaired) electrons. The van der Waals surface area contributed by atoms with Gasteiger partial charge in [0.2, 0.25) is 0 Å². The molecule has 1 atom stereocenters. The number of hydrogen-bond acceptors (Lipinski definition) is 4. The molecule has 86 valence electrons. The average Bonchev–Trinajstić information content (AvgIpc) is 2.39. The van der Waals surface area contributed by atoms with Crippen LogP contribution in [0.15, 0.2) is 6.33 Å². The summed E-state index contributed by atoms with van der Waals surface area (Å²) < 4.78 is 5.53. The Kier molecular flexibility index (Phi) is 2.84. The van der Waals surface area contributed by atoms with Crippen molar-refractivity contribution in [3.05, 3.63) is 23.3 Å². The molecule has 1 N–H and O–H groups in total.